The topological polar surface area (TPSA) is 55.4 Å². The molecule has 2 rings (SSSR count). The zero-order valence-electron chi connectivity index (χ0n) is 13.0. The molecule has 0 radical (unpaired) electrons. The average molecular weight is 388 g/mol. The van der Waals surface area contributed by atoms with Gasteiger partial charge in [-0.25, -0.2) is 13.6 Å². The molecule has 0 heterocycles. The predicted octanol–water partition coefficient (Wildman–Crippen LogP) is 3.79. The van der Waals surface area contributed by atoms with Gasteiger partial charge in [-0.1, -0.05) is 29.3 Å². The van der Waals surface area contributed by atoms with Crippen molar-refractivity contribution in [2.75, 3.05) is 7.11 Å². The van der Waals surface area contributed by atoms with E-state index >= 15 is 0 Å². The molecule has 2 aromatic carbocycles. The molecule has 0 bridgehead atoms. The maximum atomic E-state index is 13.3. The van der Waals surface area contributed by atoms with Gasteiger partial charge in [-0.3, -0.25) is 4.79 Å². The molecule has 1 amide bonds. The minimum Gasteiger partial charge on any atom is -0.467 e. The smallest absolute Gasteiger partial charge is 0.328 e. The van der Waals surface area contributed by atoms with Gasteiger partial charge in [0.15, 0.2) is 11.6 Å². The Morgan fingerprint density at radius 1 is 1.12 bits per heavy atom. The third kappa shape index (κ3) is 4.90. The van der Waals surface area contributed by atoms with Crippen LogP contribution in [-0.2, 0) is 16.0 Å². The molecule has 0 unspecified atom stereocenters. The van der Waals surface area contributed by atoms with Crippen LogP contribution in [0, 0.1) is 11.6 Å². The highest BCUT2D eigenvalue weighted by Gasteiger charge is 2.24. The van der Waals surface area contributed by atoms with Crippen molar-refractivity contribution >= 4 is 35.1 Å². The number of hydrogen-bond donors (Lipinski definition) is 1. The second-order valence-electron chi connectivity index (χ2n) is 5.12. The SMILES string of the molecule is COC(=O)[C@H](Cc1ccc(Cl)cc1Cl)NC(=O)c1ccc(F)c(F)c1. The standard InChI is InChI=1S/C17H13Cl2F2NO3/c1-25-17(24)15(7-9-2-4-11(18)8-12(9)19)22-16(23)10-3-5-13(20)14(21)6-10/h2-6,8,15H,7H2,1H3,(H,22,23)/t15-/m0/s1. The van der Waals surface area contributed by atoms with Gasteiger partial charge < -0.3 is 10.1 Å². The van der Waals surface area contributed by atoms with Crippen LogP contribution in [-0.4, -0.2) is 25.0 Å². The van der Waals surface area contributed by atoms with Gasteiger partial charge in [0.05, 0.1) is 7.11 Å². The Morgan fingerprint density at radius 3 is 2.44 bits per heavy atom. The van der Waals surface area contributed by atoms with Crippen LogP contribution in [0.25, 0.3) is 0 Å². The Morgan fingerprint density at radius 2 is 1.84 bits per heavy atom. The van der Waals surface area contributed by atoms with Gasteiger partial charge in [0, 0.05) is 22.0 Å². The van der Waals surface area contributed by atoms with Crippen molar-refractivity contribution in [1.29, 1.82) is 0 Å². The molecule has 1 N–H and O–H groups in total. The van der Waals surface area contributed by atoms with Gasteiger partial charge >= 0.3 is 5.97 Å². The van der Waals surface area contributed by atoms with E-state index in [2.05, 4.69) is 10.1 Å². The maximum Gasteiger partial charge on any atom is 0.328 e. The third-order valence-electron chi connectivity index (χ3n) is 3.41. The number of methoxy groups -OCH3 is 1. The van der Waals surface area contributed by atoms with Crippen molar-refractivity contribution in [3.63, 3.8) is 0 Å². The minimum absolute atomic E-state index is 0.0398. The van der Waals surface area contributed by atoms with Crippen LogP contribution in [0.4, 0.5) is 8.78 Å². The summed E-state index contributed by atoms with van der Waals surface area (Å²) < 4.78 is 30.9. The Labute approximate surface area is 152 Å². The normalized spacial score (nSPS) is 11.7. The summed E-state index contributed by atoms with van der Waals surface area (Å²) in [5, 5.41) is 3.17. The minimum atomic E-state index is -1.16. The molecule has 0 spiro atoms. The zero-order valence-corrected chi connectivity index (χ0v) is 14.5. The lowest BCUT2D eigenvalue weighted by atomic mass is 10.1. The largest absolute Gasteiger partial charge is 0.467 e. The van der Waals surface area contributed by atoms with E-state index in [1.165, 1.54) is 13.2 Å². The molecule has 1 atom stereocenters. The molecule has 2 aromatic rings. The molecule has 0 fully saturated rings. The van der Waals surface area contributed by atoms with Crippen molar-refractivity contribution in [2.24, 2.45) is 0 Å². The maximum absolute atomic E-state index is 13.3. The van der Waals surface area contributed by atoms with Crippen molar-refractivity contribution < 1.29 is 23.1 Å². The monoisotopic (exact) mass is 387 g/mol. The Hall–Kier alpha value is -2.18. The van der Waals surface area contributed by atoms with Crippen molar-refractivity contribution in [3.8, 4) is 0 Å². The fraction of sp³-hybridized carbons (Fsp3) is 0.176. The number of esters is 1. The van der Waals surface area contributed by atoms with E-state index in [4.69, 9.17) is 23.2 Å². The molecule has 132 valence electrons. The zero-order chi connectivity index (χ0) is 18.6. The van der Waals surface area contributed by atoms with Crippen molar-refractivity contribution in [2.45, 2.75) is 12.5 Å². The molecule has 8 heteroatoms. The van der Waals surface area contributed by atoms with Gasteiger partial charge in [-0.2, -0.15) is 0 Å². The lowest BCUT2D eigenvalue weighted by molar-refractivity contribution is -0.142. The highest BCUT2D eigenvalue weighted by Crippen LogP contribution is 2.22. The number of ether oxygens (including phenoxy) is 1. The average Bonchev–Trinajstić information content (AvgIpc) is 2.58. The van der Waals surface area contributed by atoms with Crippen LogP contribution in [0.5, 0.6) is 0 Å². The van der Waals surface area contributed by atoms with Gasteiger partial charge in [-0.15, -0.1) is 0 Å². The van der Waals surface area contributed by atoms with Gasteiger partial charge in [0.1, 0.15) is 6.04 Å². The molecular formula is C17H13Cl2F2NO3. The van der Waals surface area contributed by atoms with E-state index in [1.807, 2.05) is 0 Å². The van der Waals surface area contributed by atoms with Crippen LogP contribution in [0.15, 0.2) is 36.4 Å². The number of benzene rings is 2. The molecule has 0 saturated carbocycles. The highest BCUT2D eigenvalue weighted by atomic mass is 35.5. The third-order valence-corrected chi connectivity index (χ3v) is 4.00. The Bertz CT molecular complexity index is 814. The summed E-state index contributed by atoms with van der Waals surface area (Å²) in [7, 11) is 1.17. The molecule has 0 aliphatic rings. The summed E-state index contributed by atoms with van der Waals surface area (Å²) in [6, 6.07) is 6.33. The van der Waals surface area contributed by atoms with Crippen molar-refractivity contribution in [3.05, 3.63) is 69.2 Å². The number of amides is 1. The number of halogens is 4. The van der Waals surface area contributed by atoms with E-state index < -0.39 is 29.6 Å². The summed E-state index contributed by atoms with van der Waals surface area (Å²) in [6.07, 6.45) is 0.0398. The van der Waals surface area contributed by atoms with Crippen molar-refractivity contribution in [1.82, 2.24) is 5.32 Å². The number of carbonyl (C=O) groups is 2. The Kier molecular flexibility index (Phi) is 6.33. The van der Waals surface area contributed by atoms with E-state index in [-0.39, 0.29) is 12.0 Å². The second kappa shape index (κ2) is 8.27. The fourth-order valence-electron chi connectivity index (χ4n) is 2.12. The summed E-state index contributed by atoms with van der Waals surface area (Å²) >= 11 is 11.9. The summed E-state index contributed by atoms with van der Waals surface area (Å²) in [6.45, 7) is 0. The number of hydrogen-bond acceptors (Lipinski definition) is 3. The van der Waals surface area contributed by atoms with Crippen LogP contribution >= 0.6 is 23.2 Å². The van der Waals surface area contributed by atoms with Gasteiger partial charge in [0.25, 0.3) is 5.91 Å². The van der Waals surface area contributed by atoms with Crippen LogP contribution in [0.2, 0.25) is 10.0 Å². The molecule has 25 heavy (non-hydrogen) atoms. The molecular weight excluding hydrogens is 375 g/mol. The van der Waals surface area contributed by atoms with E-state index in [0.29, 0.717) is 15.6 Å². The van der Waals surface area contributed by atoms with E-state index in [1.54, 1.807) is 12.1 Å². The summed E-state index contributed by atoms with van der Waals surface area (Å²) in [5.41, 5.74) is 0.432. The van der Waals surface area contributed by atoms with Crippen LogP contribution < -0.4 is 5.32 Å². The highest BCUT2D eigenvalue weighted by molar-refractivity contribution is 6.35. The van der Waals surface area contributed by atoms with Crippen LogP contribution in [0.1, 0.15) is 15.9 Å². The molecule has 0 aliphatic heterocycles. The lowest BCUT2D eigenvalue weighted by Crippen LogP contribution is -2.43. The fourth-order valence-corrected chi connectivity index (χ4v) is 2.61. The molecule has 0 aliphatic carbocycles. The second-order valence-corrected chi connectivity index (χ2v) is 5.96. The first kappa shape index (κ1) is 19.1. The number of rotatable bonds is 5. The Balaban J connectivity index is 2.21. The van der Waals surface area contributed by atoms with Gasteiger partial charge in [-0.05, 0) is 35.9 Å². The summed E-state index contributed by atoms with van der Waals surface area (Å²) in [4.78, 5) is 24.1. The molecule has 0 aromatic heterocycles. The number of nitrogens with one attached hydrogen (secondary N) is 1. The predicted molar refractivity (Wildman–Crippen MR) is 89.8 cm³/mol. The van der Waals surface area contributed by atoms with Crippen LogP contribution in [0.3, 0.4) is 0 Å². The molecule has 0 saturated heterocycles. The van der Waals surface area contributed by atoms with E-state index in [0.717, 1.165) is 18.2 Å². The summed E-state index contributed by atoms with van der Waals surface area (Å²) in [5.74, 6) is -3.70. The first-order valence-electron chi connectivity index (χ1n) is 7.09. The van der Waals surface area contributed by atoms with E-state index in [9.17, 15) is 18.4 Å². The number of carbonyl (C=O) groups excluding carboxylic acids is 2. The lowest BCUT2D eigenvalue weighted by Gasteiger charge is -2.17. The molecule has 4 nitrogen and oxygen atoms in total. The van der Waals surface area contributed by atoms with Gasteiger partial charge in [0.2, 0.25) is 0 Å². The first-order valence-corrected chi connectivity index (χ1v) is 7.85. The quantitative estimate of drug-likeness (QED) is 0.794. The first-order chi connectivity index (χ1) is 11.8.